The Morgan fingerprint density at radius 2 is 1.48 bits per heavy atom. The zero-order valence-corrected chi connectivity index (χ0v) is 24.1. The lowest BCUT2D eigenvalue weighted by atomic mass is 9.86. The van der Waals surface area contributed by atoms with Crippen molar-refractivity contribution in [3.05, 3.63) is 112 Å². The van der Waals surface area contributed by atoms with Crippen LogP contribution in [-0.2, 0) is 29.2 Å². The summed E-state index contributed by atoms with van der Waals surface area (Å²) in [5, 5.41) is 6.12. The van der Waals surface area contributed by atoms with Gasteiger partial charge in [-0.25, -0.2) is 0 Å². The summed E-state index contributed by atoms with van der Waals surface area (Å²) in [6, 6.07) is 27.0. The molecule has 0 spiro atoms. The Labute approximate surface area is 248 Å². The third-order valence-corrected chi connectivity index (χ3v) is 7.92. The van der Waals surface area contributed by atoms with Crippen LogP contribution in [0.3, 0.4) is 0 Å². The Morgan fingerprint density at radius 1 is 0.857 bits per heavy atom. The smallest absolute Gasteiger partial charge is 0.199 e. The van der Waals surface area contributed by atoms with Gasteiger partial charge in [-0.15, -0.1) is 0 Å². The van der Waals surface area contributed by atoms with Crippen LogP contribution in [0.15, 0.2) is 84.9 Å². The molecule has 42 heavy (non-hydrogen) atoms. The van der Waals surface area contributed by atoms with Crippen molar-refractivity contribution >= 4 is 28.3 Å². The first-order valence-electron chi connectivity index (χ1n) is 13.9. The Bertz CT molecular complexity index is 1800. The quantitative estimate of drug-likeness (QED) is 0.189. The van der Waals surface area contributed by atoms with Crippen molar-refractivity contribution in [2.45, 2.75) is 45.5 Å². The molecular formula is C34H29ClN2O5. The molecule has 7 rings (SSSR count). The highest BCUT2D eigenvalue weighted by Gasteiger charge is 2.38. The number of carbonyl (C=O) groups is 1. The molecule has 0 N–H and O–H groups in total. The van der Waals surface area contributed by atoms with Crippen LogP contribution in [0.1, 0.15) is 40.9 Å². The van der Waals surface area contributed by atoms with E-state index in [1.165, 1.54) is 0 Å². The van der Waals surface area contributed by atoms with Gasteiger partial charge in [0.05, 0.1) is 40.4 Å². The first kappa shape index (κ1) is 26.7. The lowest BCUT2D eigenvalue weighted by Gasteiger charge is -2.22. The van der Waals surface area contributed by atoms with Crippen LogP contribution in [0, 0.1) is 0 Å². The highest BCUT2D eigenvalue weighted by molar-refractivity contribution is 6.39. The summed E-state index contributed by atoms with van der Waals surface area (Å²) in [7, 11) is 0. The van der Waals surface area contributed by atoms with E-state index in [2.05, 4.69) is 0 Å². The maximum absolute atomic E-state index is 14.3. The van der Waals surface area contributed by atoms with Crippen LogP contribution >= 0.6 is 11.6 Å². The zero-order chi connectivity index (χ0) is 28.8. The standard InChI is InChI=1S/C34H29ClN2O5/c1-34(2)41-20-23(42-34)17-37-25-14-13-24(35)28-29(25)32(36-37)30-26(39-18-21-9-5-3-6-10-21)15-16-27(31(30)33(28)38)40-19-22-11-7-4-8-12-22/h3-16,23H,17-20H2,1-2H3. The van der Waals surface area contributed by atoms with E-state index in [4.69, 9.17) is 35.6 Å². The molecule has 2 heterocycles. The number of rotatable bonds is 8. The number of benzene rings is 4. The van der Waals surface area contributed by atoms with Gasteiger partial charge in [-0.3, -0.25) is 9.48 Å². The molecule has 7 nitrogen and oxygen atoms in total. The Balaban J connectivity index is 1.36. The van der Waals surface area contributed by atoms with Crippen LogP contribution in [0.2, 0.25) is 5.02 Å². The van der Waals surface area contributed by atoms with Crippen molar-refractivity contribution in [3.8, 4) is 22.8 Å². The molecule has 1 saturated heterocycles. The Kier molecular flexibility index (Phi) is 6.73. The number of carbonyl (C=O) groups excluding carboxylic acids is 1. The molecule has 2 aliphatic rings. The van der Waals surface area contributed by atoms with E-state index < -0.39 is 5.79 Å². The largest absolute Gasteiger partial charge is 0.488 e. The topological polar surface area (TPSA) is 71.8 Å². The highest BCUT2D eigenvalue weighted by Crippen LogP contribution is 2.49. The monoisotopic (exact) mass is 580 g/mol. The van der Waals surface area contributed by atoms with Gasteiger partial charge in [0.2, 0.25) is 0 Å². The minimum atomic E-state index is -0.662. The molecule has 1 atom stereocenters. The van der Waals surface area contributed by atoms with Crippen LogP contribution < -0.4 is 9.47 Å². The summed E-state index contributed by atoms with van der Waals surface area (Å²) in [5.41, 5.74) is 4.83. The highest BCUT2D eigenvalue weighted by atomic mass is 35.5. The van der Waals surface area contributed by atoms with Crippen LogP contribution in [-0.4, -0.2) is 34.1 Å². The van der Waals surface area contributed by atoms with E-state index in [0.29, 0.717) is 70.7 Å². The van der Waals surface area contributed by atoms with Crippen molar-refractivity contribution in [2.75, 3.05) is 6.61 Å². The van der Waals surface area contributed by atoms with E-state index in [-0.39, 0.29) is 11.9 Å². The van der Waals surface area contributed by atoms with Gasteiger partial charge >= 0.3 is 0 Å². The van der Waals surface area contributed by atoms with Gasteiger partial charge in [-0.05, 0) is 49.2 Å². The van der Waals surface area contributed by atoms with Gasteiger partial charge < -0.3 is 18.9 Å². The molecule has 1 fully saturated rings. The van der Waals surface area contributed by atoms with Crippen molar-refractivity contribution < 1.29 is 23.7 Å². The van der Waals surface area contributed by atoms with Crippen LogP contribution in [0.5, 0.6) is 11.5 Å². The maximum atomic E-state index is 14.3. The van der Waals surface area contributed by atoms with Crippen molar-refractivity contribution in [2.24, 2.45) is 0 Å². The van der Waals surface area contributed by atoms with E-state index in [1.54, 1.807) is 12.1 Å². The van der Waals surface area contributed by atoms with E-state index in [9.17, 15) is 4.79 Å². The molecule has 0 radical (unpaired) electrons. The number of nitrogens with zero attached hydrogens (tertiary/aromatic N) is 2. The van der Waals surface area contributed by atoms with Gasteiger partial charge in [-0.2, -0.15) is 5.10 Å². The van der Waals surface area contributed by atoms with Gasteiger partial charge in [0.15, 0.2) is 11.6 Å². The lowest BCUT2D eigenvalue weighted by Crippen LogP contribution is -2.24. The van der Waals surface area contributed by atoms with E-state index >= 15 is 0 Å². The summed E-state index contributed by atoms with van der Waals surface area (Å²) < 4.78 is 26.4. The fourth-order valence-electron chi connectivity index (χ4n) is 5.69. The van der Waals surface area contributed by atoms with Crippen molar-refractivity contribution in [1.29, 1.82) is 0 Å². The maximum Gasteiger partial charge on any atom is 0.199 e. The molecule has 1 aromatic heterocycles. The number of fused-ring (bicyclic) bond motifs is 2. The average Bonchev–Trinajstić information content (AvgIpc) is 3.54. The molecule has 0 saturated carbocycles. The predicted molar refractivity (Wildman–Crippen MR) is 160 cm³/mol. The third kappa shape index (κ3) is 4.83. The van der Waals surface area contributed by atoms with Gasteiger partial charge in [0.25, 0.3) is 0 Å². The molecule has 0 bridgehead atoms. The molecule has 1 aliphatic carbocycles. The van der Waals surface area contributed by atoms with E-state index in [0.717, 1.165) is 16.6 Å². The molecule has 212 valence electrons. The Morgan fingerprint density at radius 3 is 2.07 bits per heavy atom. The molecular weight excluding hydrogens is 552 g/mol. The van der Waals surface area contributed by atoms with Gasteiger partial charge in [0.1, 0.15) is 36.5 Å². The van der Waals surface area contributed by atoms with E-state index in [1.807, 2.05) is 91.3 Å². The normalized spacial score (nSPS) is 16.9. The summed E-state index contributed by atoms with van der Waals surface area (Å²) in [4.78, 5) is 14.3. The molecule has 8 heteroatoms. The second kappa shape index (κ2) is 10.6. The van der Waals surface area contributed by atoms with Gasteiger partial charge in [-0.1, -0.05) is 72.3 Å². The number of hydrogen-bond donors (Lipinski definition) is 0. The van der Waals surface area contributed by atoms with Gasteiger partial charge in [0, 0.05) is 5.39 Å². The molecule has 0 amide bonds. The van der Waals surface area contributed by atoms with Crippen molar-refractivity contribution in [1.82, 2.24) is 9.78 Å². The molecule has 4 aromatic carbocycles. The number of hydrogen-bond acceptors (Lipinski definition) is 6. The SMILES string of the molecule is CC1(C)OCC(Cn2nc3c4c(c(Cl)ccc42)C(=O)c2c(OCc4ccccc4)ccc(OCc4ccccc4)c2-3)O1. The Hall–Kier alpha value is -4.17. The summed E-state index contributed by atoms with van der Waals surface area (Å²) in [6.07, 6.45) is -0.194. The summed E-state index contributed by atoms with van der Waals surface area (Å²) in [6.45, 7) is 5.33. The third-order valence-electron chi connectivity index (χ3n) is 7.61. The zero-order valence-electron chi connectivity index (χ0n) is 23.3. The number of ketones is 1. The molecule has 1 aliphatic heterocycles. The average molecular weight is 581 g/mol. The first-order valence-corrected chi connectivity index (χ1v) is 14.3. The minimum absolute atomic E-state index is 0.194. The fraction of sp³-hybridized carbons (Fsp3) is 0.235. The van der Waals surface area contributed by atoms with Crippen LogP contribution in [0.25, 0.3) is 22.2 Å². The number of aromatic nitrogens is 2. The first-order chi connectivity index (χ1) is 20.4. The second-order valence-electron chi connectivity index (χ2n) is 11.0. The second-order valence-corrected chi connectivity index (χ2v) is 11.4. The van der Waals surface area contributed by atoms with Crippen LogP contribution in [0.4, 0.5) is 0 Å². The lowest BCUT2D eigenvalue weighted by molar-refractivity contribution is -0.139. The fourth-order valence-corrected chi connectivity index (χ4v) is 5.93. The molecule has 5 aromatic rings. The predicted octanol–water partition coefficient (Wildman–Crippen LogP) is 7.21. The van der Waals surface area contributed by atoms with Crippen molar-refractivity contribution in [3.63, 3.8) is 0 Å². The summed E-state index contributed by atoms with van der Waals surface area (Å²) in [5.74, 6) is 0.120. The summed E-state index contributed by atoms with van der Waals surface area (Å²) >= 11 is 6.72. The number of ether oxygens (including phenoxy) is 4. The number of halogens is 1. The minimum Gasteiger partial charge on any atom is -0.488 e. The molecule has 1 unspecified atom stereocenters.